The molecule has 27 heavy (non-hydrogen) atoms. The molecular weight excluding hydrogens is 366 g/mol. The lowest BCUT2D eigenvalue weighted by molar-refractivity contribution is -0.129. The van der Waals surface area contributed by atoms with Crippen molar-refractivity contribution < 1.29 is 18.7 Å². The topological polar surface area (TPSA) is 77.7 Å². The van der Waals surface area contributed by atoms with Gasteiger partial charge in [0.2, 0.25) is 18.6 Å². The Morgan fingerprint density at radius 2 is 1.81 bits per heavy atom. The van der Waals surface area contributed by atoms with E-state index in [2.05, 4.69) is 37.9 Å². The van der Waals surface area contributed by atoms with Crippen molar-refractivity contribution in [1.82, 2.24) is 15.1 Å². The smallest absolute Gasteiger partial charge is 0.277 e. The van der Waals surface area contributed by atoms with Crippen molar-refractivity contribution >= 4 is 17.7 Å². The minimum atomic E-state index is 0.0882. The summed E-state index contributed by atoms with van der Waals surface area (Å²) in [5, 5.41) is 8.50. The van der Waals surface area contributed by atoms with Crippen LogP contribution in [0.15, 0.2) is 27.8 Å². The molecular formula is C19H25N3O4S. The lowest BCUT2D eigenvalue weighted by Gasteiger charge is -2.26. The van der Waals surface area contributed by atoms with Gasteiger partial charge in [-0.2, -0.15) is 0 Å². The van der Waals surface area contributed by atoms with Crippen LogP contribution in [0.3, 0.4) is 0 Å². The number of rotatable bonds is 8. The Morgan fingerprint density at radius 3 is 2.52 bits per heavy atom. The first-order valence-corrected chi connectivity index (χ1v) is 10.0. The highest BCUT2D eigenvalue weighted by Gasteiger charge is 2.19. The van der Waals surface area contributed by atoms with Crippen molar-refractivity contribution in [2.24, 2.45) is 11.8 Å². The van der Waals surface area contributed by atoms with Crippen LogP contribution in [0, 0.1) is 11.8 Å². The van der Waals surface area contributed by atoms with Gasteiger partial charge in [-0.05, 0) is 30.0 Å². The summed E-state index contributed by atoms with van der Waals surface area (Å²) in [6.45, 7) is 10.2. The van der Waals surface area contributed by atoms with Gasteiger partial charge >= 0.3 is 0 Å². The van der Waals surface area contributed by atoms with E-state index in [-0.39, 0.29) is 18.5 Å². The van der Waals surface area contributed by atoms with E-state index >= 15 is 0 Å². The Hall–Kier alpha value is -2.22. The van der Waals surface area contributed by atoms with Crippen LogP contribution in [0.1, 0.15) is 27.7 Å². The molecule has 0 N–H and O–H groups in total. The molecule has 1 amide bonds. The molecule has 0 spiro atoms. The van der Waals surface area contributed by atoms with E-state index in [9.17, 15) is 4.79 Å². The zero-order valence-corrected chi connectivity index (χ0v) is 16.9. The van der Waals surface area contributed by atoms with Crippen molar-refractivity contribution in [2.75, 3.05) is 25.6 Å². The highest BCUT2D eigenvalue weighted by Crippen LogP contribution is 2.36. The van der Waals surface area contributed by atoms with Gasteiger partial charge in [-0.1, -0.05) is 39.5 Å². The van der Waals surface area contributed by atoms with E-state index in [1.165, 1.54) is 11.8 Å². The average molecular weight is 391 g/mol. The van der Waals surface area contributed by atoms with E-state index in [0.29, 0.717) is 34.4 Å². The van der Waals surface area contributed by atoms with Crippen LogP contribution in [0.2, 0.25) is 0 Å². The SMILES string of the molecule is CC(C)CN(CC(C)C)C(=O)CSc1nnc(-c2ccc3c(c2)OCO3)o1. The van der Waals surface area contributed by atoms with Gasteiger partial charge in [0.15, 0.2) is 11.5 Å². The largest absolute Gasteiger partial charge is 0.454 e. The molecule has 7 nitrogen and oxygen atoms in total. The molecule has 1 aliphatic rings. The molecule has 146 valence electrons. The monoisotopic (exact) mass is 391 g/mol. The number of ether oxygens (including phenoxy) is 2. The van der Waals surface area contributed by atoms with Gasteiger partial charge < -0.3 is 18.8 Å². The molecule has 0 radical (unpaired) electrons. The number of hydrogen-bond donors (Lipinski definition) is 0. The second-order valence-corrected chi connectivity index (χ2v) is 8.24. The molecule has 0 saturated heterocycles. The zero-order valence-electron chi connectivity index (χ0n) is 16.1. The number of carbonyl (C=O) groups excluding carboxylic acids is 1. The van der Waals surface area contributed by atoms with E-state index in [0.717, 1.165) is 18.7 Å². The maximum absolute atomic E-state index is 12.6. The zero-order chi connectivity index (χ0) is 19.4. The summed E-state index contributed by atoms with van der Waals surface area (Å²) in [5.41, 5.74) is 0.756. The van der Waals surface area contributed by atoms with Crippen molar-refractivity contribution in [3.63, 3.8) is 0 Å². The predicted molar refractivity (Wildman–Crippen MR) is 103 cm³/mol. The van der Waals surface area contributed by atoms with Crippen molar-refractivity contribution in [3.05, 3.63) is 18.2 Å². The number of carbonyl (C=O) groups is 1. The lowest BCUT2D eigenvalue weighted by Crippen LogP contribution is -2.38. The fourth-order valence-electron chi connectivity index (χ4n) is 2.79. The van der Waals surface area contributed by atoms with Crippen LogP contribution >= 0.6 is 11.8 Å². The van der Waals surface area contributed by atoms with Gasteiger partial charge in [0.1, 0.15) is 0 Å². The molecule has 1 aromatic heterocycles. The highest BCUT2D eigenvalue weighted by molar-refractivity contribution is 7.99. The minimum Gasteiger partial charge on any atom is -0.454 e. The third-order valence-electron chi connectivity index (χ3n) is 3.87. The van der Waals surface area contributed by atoms with Crippen LogP contribution < -0.4 is 9.47 Å². The summed E-state index contributed by atoms with van der Waals surface area (Å²) in [4.78, 5) is 14.5. The first-order valence-electron chi connectivity index (χ1n) is 9.06. The number of amides is 1. The second-order valence-electron chi connectivity index (χ2n) is 7.32. The van der Waals surface area contributed by atoms with Crippen LogP contribution in [0.4, 0.5) is 0 Å². The number of fused-ring (bicyclic) bond motifs is 1. The van der Waals surface area contributed by atoms with Gasteiger partial charge in [-0.3, -0.25) is 4.79 Å². The second kappa shape index (κ2) is 8.65. The molecule has 2 heterocycles. The Morgan fingerprint density at radius 1 is 1.11 bits per heavy atom. The van der Waals surface area contributed by atoms with Crippen LogP contribution in [-0.2, 0) is 4.79 Å². The average Bonchev–Trinajstić information content (AvgIpc) is 3.26. The molecule has 0 fully saturated rings. The summed E-state index contributed by atoms with van der Waals surface area (Å²) in [7, 11) is 0. The molecule has 0 bridgehead atoms. The normalized spacial score (nSPS) is 12.8. The van der Waals surface area contributed by atoms with E-state index in [4.69, 9.17) is 13.9 Å². The minimum absolute atomic E-state index is 0.0882. The fourth-order valence-corrected chi connectivity index (χ4v) is 3.45. The summed E-state index contributed by atoms with van der Waals surface area (Å²) in [6, 6.07) is 5.46. The fraction of sp³-hybridized carbons (Fsp3) is 0.526. The maximum Gasteiger partial charge on any atom is 0.277 e. The third kappa shape index (κ3) is 5.15. The molecule has 0 atom stereocenters. The maximum atomic E-state index is 12.6. The number of hydrogen-bond acceptors (Lipinski definition) is 7. The summed E-state index contributed by atoms with van der Waals surface area (Å²) >= 11 is 1.26. The Bertz CT molecular complexity index is 781. The number of thioether (sulfide) groups is 1. The summed E-state index contributed by atoms with van der Waals surface area (Å²) in [5.74, 6) is 2.98. The molecule has 0 unspecified atom stereocenters. The lowest BCUT2D eigenvalue weighted by atomic mass is 10.1. The molecule has 3 rings (SSSR count). The van der Waals surface area contributed by atoms with Crippen molar-refractivity contribution in [3.8, 4) is 23.0 Å². The van der Waals surface area contributed by atoms with Crippen molar-refractivity contribution in [2.45, 2.75) is 32.9 Å². The van der Waals surface area contributed by atoms with Gasteiger partial charge in [-0.15, -0.1) is 10.2 Å². The van der Waals surface area contributed by atoms with Gasteiger partial charge in [-0.25, -0.2) is 0 Å². The number of nitrogens with zero attached hydrogens (tertiary/aromatic N) is 3. The summed E-state index contributed by atoms with van der Waals surface area (Å²) in [6.07, 6.45) is 0. The summed E-state index contributed by atoms with van der Waals surface area (Å²) < 4.78 is 16.4. The Balaban J connectivity index is 1.61. The van der Waals surface area contributed by atoms with E-state index in [1.54, 1.807) is 0 Å². The third-order valence-corrected chi connectivity index (χ3v) is 4.67. The Kier molecular flexibility index (Phi) is 6.26. The molecule has 0 aliphatic carbocycles. The standard InChI is InChI=1S/C19H25N3O4S/c1-12(2)8-22(9-13(3)4)17(23)10-27-19-21-20-18(26-19)14-5-6-15-16(7-14)25-11-24-15/h5-7,12-13H,8-11H2,1-4H3. The van der Waals surface area contributed by atoms with E-state index in [1.807, 2.05) is 23.1 Å². The quantitative estimate of drug-likeness (QED) is 0.635. The molecule has 2 aromatic rings. The van der Waals surface area contributed by atoms with Gasteiger partial charge in [0, 0.05) is 18.7 Å². The Labute approximate surface area is 163 Å². The number of benzene rings is 1. The molecule has 1 aromatic carbocycles. The molecule has 1 aliphatic heterocycles. The first kappa shape index (κ1) is 19.5. The van der Waals surface area contributed by atoms with Gasteiger partial charge in [0.05, 0.1) is 5.75 Å². The molecule has 8 heteroatoms. The highest BCUT2D eigenvalue weighted by atomic mass is 32.2. The van der Waals surface area contributed by atoms with Crippen LogP contribution in [0.25, 0.3) is 11.5 Å². The number of aromatic nitrogens is 2. The first-order chi connectivity index (χ1) is 12.9. The molecule has 0 saturated carbocycles. The van der Waals surface area contributed by atoms with Crippen LogP contribution in [0.5, 0.6) is 11.5 Å². The van der Waals surface area contributed by atoms with Crippen LogP contribution in [-0.4, -0.2) is 46.6 Å². The van der Waals surface area contributed by atoms with Crippen molar-refractivity contribution in [1.29, 1.82) is 0 Å². The predicted octanol–water partition coefficient (Wildman–Crippen LogP) is 3.70. The van der Waals surface area contributed by atoms with E-state index < -0.39 is 0 Å². The van der Waals surface area contributed by atoms with Gasteiger partial charge in [0.25, 0.3) is 5.22 Å².